The van der Waals surface area contributed by atoms with Gasteiger partial charge in [0.1, 0.15) is 11.2 Å². The van der Waals surface area contributed by atoms with E-state index in [1.165, 1.54) is 6.07 Å². The highest BCUT2D eigenvalue weighted by molar-refractivity contribution is 6.19. The van der Waals surface area contributed by atoms with Crippen molar-refractivity contribution in [2.24, 2.45) is 10.9 Å². The first kappa shape index (κ1) is 16.6. The number of nitrogens with zero attached hydrogens (tertiary/aromatic N) is 4. The smallest absolute Gasteiger partial charge is 0.338 e. The summed E-state index contributed by atoms with van der Waals surface area (Å²) in [5.41, 5.74) is -0.647. The summed E-state index contributed by atoms with van der Waals surface area (Å²) in [5, 5.41) is 19.6. The fraction of sp³-hybridized carbons (Fsp3) is 0.278. The van der Waals surface area contributed by atoms with E-state index in [4.69, 9.17) is 0 Å². The fourth-order valence-corrected chi connectivity index (χ4v) is 2.72. The molecule has 1 aliphatic heterocycles. The van der Waals surface area contributed by atoms with Gasteiger partial charge in [0.2, 0.25) is 0 Å². The van der Waals surface area contributed by atoms with Gasteiger partial charge < -0.3 is 5.11 Å². The minimum Gasteiger partial charge on any atom is -0.478 e. The van der Waals surface area contributed by atoms with Gasteiger partial charge in [-0.3, -0.25) is 4.79 Å². The summed E-state index contributed by atoms with van der Waals surface area (Å²) in [6.45, 7) is 5.29. The number of amidine groups is 1. The molecule has 7 nitrogen and oxygen atoms in total. The van der Waals surface area contributed by atoms with E-state index in [9.17, 15) is 20.0 Å². The first-order chi connectivity index (χ1) is 11.8. The molecule has 7 heteroatoms. The number of para-hydroxylation sites is 1. The van der Waals surface area contributed by atoms with Crippen molar-refractivity contribution in [3.05, 3.63) is 41.6 Å². The molecule has 1 unspecified atom stereocenters. The molecule has 0 saturated heterocycles. The van der Waals surface area contributed by atoms with Crippen LogP contribution in [0.1, 0.15) is 36.8 Å². The Morgan fingerprint density at radius 1 is 1.36 bits per heavy atom. The fourth-order valence-electron chi connectivity index (χ4n) is 2.72. The molecule has 1 amide bonds. The number of carbonyl (C=O) groups is 2. The SMILES string of the molecule is CC(C)C1(C)N=C(c2nc3ccccc3cc2C(=O)O)N(C#N)C1=O. The summed E-state index contributed by atoms with van der Waals surface area (Å²) >= 11 is 0. The molecule has 126 valence electrons. The maximum atomic E-state index is 12.6. The maximum absolute atomic E-state index is 12.6. The summed E-state index contributed by atoms with van der Waals surface area (Å²) in [5.74, 6) is -1.86. The molecular weight excluding hydrogens is 320 g/mol. The van der Waals surface area contributed by atoms with Crippen LogP contribution in [0.25, 0.3) is 10.9 Å². The van der Waals surface area contributed by atoms with Crippen molar-refractivity contribution < 1.29 is 14.7 Å². The predicted octanol–water partition coefficient (Wildman–Crippen LogP) is 2.42. The first-order valence-electron chi connectivity index (χ1n) is 7.77. The summed E-state index contributed by atoms with van der Waals surface area (Å²) in [6, 6.07) is 8.53. The molecule has 1 aromatic heterocycles. The van der Waals surface area contributed by atoms with Crippen molar-refractivity contribution in [2.75, 3.05) is 0 Å². The largest absolute Gasteiger partial charge is 0.478 e. The lowest BCUT2D eigenvalue weighted by atomic mass is 9.89. The number of fused-ring (bicyclic) bond motifs is 1. The molecule has 25 heavy (non-hydrogen) atoms. The standard InChI is InChI=1S/C18H16N4O3/c1-10(2)18(3)17(25)22(9-19)15(21-18)14-12(16(23)24)8-11-6-4-5-7-13(11)20-14/h4-8,10H,1-3H3,(H,23,24). The number of aromatic nitrogens is 1. The lowest BCUT2D eigenvalue weighted by Crippen LogP contribution is -2.42. The second-order valence-corrected chi connectivity index (χ2v) is 6.36. The van der Waals surface area contributed by atoms with Crippen LogP contribution in [0.3, 0.4) is 0 Å². The molecule has 0 aliphatic carbocycles. The van der Waals surface area contributed by atoms with Gasteiger partial charge in [-0.05, 0) is 25.0 Å². The molecule has 1 atom stereocenters. The third-order valence-electron chi connectivity index (χ3n) is 4.58. The number of amides is 1. The number of hydrogen-bond acceptors (Lipinski definition) is 5. The Hall–Kier alpha value is -3.27. The van der Waals surface area contributed by atoms with E-state index in [-0.39, 0.29) is 23.0 Å². The molecule has 2 aromatic rings. The van der Waals surface area contributed by atoms with Crippen LogP contribution in [0.5, 0.6) is 0 Å². The van der Waals surface area contributed by atoms with Crippen molar-refractivity contribution in [3.63, 3.8) is 0 Å². The van der Waals surface area contributed by atoms with E-state index in [0.29, 0.717) is 10.9 Å². The lowest BCUT2D eigenvalue weighted by molar-refractivity contribution is -0.129. The highest BCUT2D eigenvalue weighted by Crippen LogP contribution is 2.32. The van der Waals surface area contributed by atoms with Gasteiger partial charge in [0.25, 0.3) is 5.91 Å². The molecular formula is C18H16N4O3. The van der Waals surface area contributed by atoms with E-state index < -0.39 is 17.4 Å². The number of aliphatic imine (C=N–C) groups is 1. The average Bonchev–Trinajstić information content (AvgIpc) is 2.85. The number of carboxylic acids is 1. The molecule has 0 bridgehead atoms. The van der Waals surface area contributed by atoms with Gasteiger partial charge in [-0.2, -0.15) is 10.2 Å². The predicted molar refractivity (Wildman–Crippen MR) is 90.9 cm³/mol. The minimum atomic E-state index is -1.19. The van der Waals surface area contributed by atoms with Gasteiger partial charge in [0, 0.05) is 5.39 Å². The molecule has 0 saturated carbocycles. The number of hydrogen-bond donors (Lipinski definition) is 1. The zero-order valence-electron chi connectivity index (χ0n) is 14.0. The summed E-state index contributed by atoms with van der Waals surface area (Å²) in [4.78, 5) is 34.0. The third-order valence-corrected chi connectivity index (χ3v) is 4.58. The topological polar surface area (TPSA) is 107 Å². The van der Waals surface area contributed by atoms with Gasteiger partial charge in [-0.15, -0.1) is 0 Å². The van der Waals surface area contributed by atoms with Gasteiger partial charge in [0.05, 0.1) is 11.1 Å². The van der Waals surface area contributed by atoms with Gasteiger partial charge >= 0.3 is 5.97 Å². The van der Waals surface area contributed by atoms with Gasteiger partial charge in [0.15, 0.2) is 12.0 Å². The summed E-state index contributed by atoms with van der Waals surface area (Å²) in [7, 11) is 0. The van der Waals surface area contributed by atoms with Crippen LogP contribution in [-0.2, 0) is 4.79 Å². The minimum absolute atomic E-state index is 0.0190. The van der Waals surface area contributed by atoms with Crippen LogP contribution in [0, 0.1) is 17.4 Å². The van der Waals surface area contributed by atoms with Gasteiger partial charge in [-0.1, -0.05) is 32.0 Å². The summed E-state index contributed by atoms with van der Waals surface area (Å²) in [6.07, 6.45) is 1.81. The number of benzene rings is 1. The summed E-state index contributed by atoms with van der Waals surface area (Å²) < 4.78 is 0. The van der Waals surface area contributed by atoms with E-state index >= 15 is 0 Å². The van der Waals surface area contributed by atoms with Crippen molar-refractivity contribution >= 4 is 28.6 Å². The van der Waals surface area contributed by atoms with Crippen molar-refractivity contribution in [3.8, 4) is 6.19 Å². The highest BCUT2D eigenvalue weighted by atomic mass is 16.4. The second-order valence-electron chi connectivity index (χ2n) is 6.36. The molecule has 0 radical (unpaired) electrons. The van der Waals surface area contributed by atoms with Crippen LogP contribution in [-0.4, -0.2) is 38.2 Å². The zero-order chi connectivity index (χ0) is 18.4. The quantitative estimate of drug-likeness (QED) is 0.866. The number of rotatable bonds is 3. The highest BCUT2D eigenvalue weighted by Gasteiger charge is 2.48. The Morgan fingerprint density at radius 3 is 2.64 bits per heavy atom. The molecule has 0 spiro atoms. The number of aromatic carboxylic acids is 1. The second kappa shape index (κ2) is 5.67. The average molecular weight is 336 g/mol. The van der Waals surface area contributed by atoms with Crippen LogP contribution in [0.4, 0.5) is 0 Å². The van der Waals surface area contributed by atoms with Crippen molar-refractivity contribution in [1.29, 1.82) is 5.26 Å². The van der Waals surface area contributed by atoms with E-state index in [1.54, 1.807) is 37.4 Å². The molecule has 1 N–H and O–H groups in total. The Bertz CT molecular complexity index is 974. The van der Waals surface area contributed by atoms with Crippen LogP contribution in [0.15, 0.2) is 35.3 Å². The van der Waals surface area contributed by atoms with Crippen molar-refractivity contribution in [1.82, 2.24) is 9.88 Å². The molecule has 2 heterocycles. The number of nitriles is 1. The number of pyridine rings is 1. The van der Waals surface area contributed by atoms with Gasteiger partial charge in [-0.25, -0.2) is 14.8 Å². The molecule has 1 aromatic carbocycles. The normalized spacial score (nSPS) is 20.0. The lowest BCUT2D eigenvalue weighted by Gasteiger charge is -2.22. The van der Waals surface area contributed by atoms with Crippen LogP contribution < -0.4 is 0 Å². The Kier molecular flexibility index (Phi) is 3.76. The van der Waals surface area contributed by atoms with E-state index in [2.05, 4.69) is 9.98 Å². The number of carbonyl (C=O) groups excluding carboxylic acids is 1. The Balaban J connectivity index is 2.31. The first-order valence-corrected chi connectivity index (χ1v) is 7.77. The van der Waals surface area contributed by atoms with Crippen molar-refractivity contribution in [2.45, 2.75) is 26.3 Å². The van der Waals surface area contributed by atoms with Crippen LogP contribution in [0.2, 0.25) is 0 Å². The molecule has 3 rings (SSSR count). The number of carboxylic acid groups (broad SMARTS) is 1. The van der Waals surface area contributed by atoms with E-state index in [0.717, 1.165) is 4.90 Å². The monoisotopic (exact) mass is 336 g/mol. The third kappa shape index (κ3) is 2.43. The Labute approximate surface area is 144 Å². The maximum Gasteiger partial charge on any atom is 0.338 e. The molecule has 0 fully saturated rings. The molecule has 1 aliphatic rings. The Morgan fingerprint density at radius 2 is 2.04 bits per heavy atom. The zero-order valence-corrected chi connectivity index (χ0v) is 14.0. The van der Waals surface area contributed by atoms with Crippen LogP contribution >= 0.6 is 0 Å². The van der Waals surface area contributed by atoms with E-state index in [1.807, 2.05) is 13.8 Å².